The van der Waals surface area contributed by atoms with Gasteiger partial charge in [0, 0.05) is 31.7 Å². The summed E-state index contributed by atoms with van der Waals surface area (Å²) in [7, 11) is 5.77. The number of hydrogen-bond acceptors (Lipinski definition) is 4. The SMILES string of the molecule is CN(C)C1CCN(C(=O)c2nc(-c3ccc(F)cc3)n(C)n2)C1.Fc1ccccc1. The van der Waals surface area contributed by atoms with Crippen LogP contribution in [-0.4, -0.2) is 63.7 Å². The number of amides is 1. The van der Waals surface area contributed by atoms with Gasteiger partial charge in [-0.15, -0.1) is 5.10 Å². The first-order valence-corrected chi connectivity index (χ1v) is 9.68. The van der Waals surface area contributed by atoms with Gasteiger partial charge in [-0.1, -0.05) is 18.2 Å². The first-order valence-electron chi connectivity index (χ1n) is 9.68. The second kappa shape index (κ2) is 9.58. The molecule has 0 bridgehead atoms. The minimum Gasteiger partial charge on any atom is -0.334 e. The molecule has 1 saturated heterocycles. The zero-order valence-electron chi connectivity index (χ0n) is 17.3. The van der Waals surface area contributed by atoms with E-state index in [-0.39, 0.29) is 23.4 Å². The molecule has 158 valence electrons. The highest BCUT2D eigenvalue weighted by Crippen LogP contribution is 2.19. The number of likely N-dealkylation sites (tertiary alicyclic amines) is 1. The summed E-state index contributed by atoms with van der Waals surface area (Å²) in [4.78, 5) is 20.8. The van der Waals surface area contributed by atoms with E-state index < -0.39 is 0 Å². The Balaban J connectivity index is 0.000000310. The summed E-state index contributed by atoms with van der Waals surface area (Å²) in [6.07, 6.45) is 0.955. The molecule has 3 aromatic rings. The number of aromatic nitrogens is 3. The monoisotopic (exact) mass is 413 g/mol. The highest BCUT2D eigenvalue weighted by Gasteiger charge is 2.30. The van der Waals surface area contributed by atoms with Gasteiger partial charge in [0.2, 0.25) is 5.82 Å². The fourth-order valence-electron chi connectivity index (χ4n) is 3.23. The molecule has 30 heavy (non-hydrogen) atoms. The maximum Gasteiger partial charge on any atom is 0.293 e. The Bertz CT molecular complexity index is 973. The lowest BCUT2D eigenvalue weighted by atomic mass is 10.2. The number of hydrogen-bond donors (Lipinski definition) is 0. The summed E-state index contributed by atoms with van der Waals surface area (Å²) in [5.74, 6) is 0.0998. The van der Waals surface area contributed by atoms with E-state index in [1.165, 1.54) is 24.3 Å². The first kappa shape index (κ1) is 21.6. The number of carbonyl (C=O) groups excluding carboxylic acids is 1. The Kier molecular flexibility index (Phi) is 6.89. The number of nitrogens with zero attached hydrogens (tertiary/aromatic N) is 5. The molecule has 1 aliphatic rings. The molecule has 8 heteroatoms. The summed E-state index contributed by atoms with van der Waals surface area (Å²) >= 11 is 0. The highest BCUT2D eigenvalue weighted by molar-refractivity contribution is 5.91. The zero-order chi connectivity index (χ0) is 21.7. The lowest BCUT2D eigenvalue weighted by Crippen LogP contribution is -2.35. The molecule has 1 fully saturated rings. The summed E-state index contributed by atoms with van der Waals surface area (Å²) in [6, 6.07) is 14.3. The van der Waals surface area contributed by atoms with Crippen LogP contribution in [-0.2, 0) is 7.05 Å². The predicted octanol–water partition coefficient (Wildman–Crippen LogP) is 3.22. The van der Waals surface area contributed by atoms with E-state index in [0.29, 0.717) is 25.0 Å². The van der Waals surface area contributed by atoms with Crippen molar-refractivity contribution in [1.82, 2.24) is 24.6 Å². The number of halogens is 2. The van der Waals surface area contributed by atoms with Gasteiger partial charge in [0.15, 0.2) is 5.82 Å². The molecule has 0 aliphatic carbocycles. The van der Waals surface area contributed by atoms with E-state index in [0.717, 1.165) is 12.0 Å². The summed E-state index contributed by atoms with van der Waals surface area (Å²) < 4.78 is 26.5. The van der Waals surface area contributed by atoms with Crippen LogP contribution in [0.1, 0.15) is 17.0 Å². The van der Waals surface area contributed by atoms with Crippen LogP contribution >= 0.6 is 0 Å². The maximum absolute atomic E-state index is 13.0. The van der Waals surface area contributed by atoms with Gasteiger partial charge in [0.25, 0.3) is 5.91 Å². The van der Waals surface area contributed by atoms with Crippen LogP contribution in [0.25, 0.3) is 11.4 Å². The molecule has 2 heterocycles. The molecule has 6 nitrogen and oxygen atoms in total. The quantitative estimate of drug-likeness (QED) is 0.662. The van der Waals surface area contributed by atoms with Crippen LogP contribution in [0.4, 0.5) is 8.78 Å². The van der Waals surface area contributed by atoms with Gasteiger partial charge in [0.05, 0.1) is 0 Å². The fraction of sp³-hybridized carbons (Fsp3) is 0.318. The van der Waals surface area contributed by atoms with E-state index in [1.54, 1.807) is 47.0 Å². The van der Waals surface area contributed by atoms with Crippen molar-refractivity contribution >= 4 is 5.91 Å². The molecule has 4 rings (SSSR count). The van der Waals surface area contributed by atoms with Crippen LogP contribution in [0.3, 0.4) is 0 Å². The van der Waals surface area contributed by atoms with Crippen molar-refractivity contribution in [2.75, 3.05) is 27.2 Å². The summed E-state index contributed by atoms with van der Waals surface area (Å²) in [6.45, 7) is 1.40. The summed E-state index contributed by atoms with van der Waals surface area (Å²) in [5.41, 5.74) is 0.730. The van der Waals surface area contributed by atoms with Crippen LogP contribution in [0, 0.1) is 11.6 Å². The number of carbonyl (C=O) groups is 1. The predicted molar refractivity (Wildman–Crippen MR) is 111 cm³/mol. The molecule has 0 radical (unpaired) electrons. The van der Waals surface area contributed by atoms with E-state index in [4.69, 9.17) is 0 Å². The van der Waals surface area contributed by atoms with E-state index in [9.17, 15) is 13.6 Å². The van der Waals surface area contributed by atoms with Gasteiger partial charge in [-0.2, -0.15) is 0 Å². The summed E-state index contributed by atoms with van der Waals surface area (Å²) in [5, 5.41) is 4.23. The Hall–Kier alpha value is -3.13. The van der Waals surface area contributed by atoms with Crippen molar-refractivity contribution in [3.63, 3.8) is 0 Å². The molecule has 1 amide bonds. The molecule has 2 aromatic carbocycles. The van der Waals surface area contributed by atoms with Gasteiger partial charge in [-0.05, 0) is 56.9 Å². The third-order valence-corrected chi connectivity index (χ3v) is 4.97. The van der Waals surface area contributed by atoms with Gasteiger partial charge in [0.1, 0.15) is 11.6 Å². The number of aryl methyl sites for hydroxylation is 1. The normalized spacial score (nSPS) is 15.8. The van der Waals surface area contributed by atoms with Crippen LogP contribution < -0.4 is 0 Å². The van der Waals surface area contributed by atoms with Crippen LogP contribution in [0.2, 0.25) is 0 Å². The van der Waals surface area contributed by atoms with Crippen molar-refractivity contribution in [1.29, 1.82) is 0 Å². The Morgan fingerprint density at radius 1 is 1.03 bits per heavy atom. The minimum atomic E-state index is -0.306. The topological polar surface area (TPSA) is 54.3 Å². The highest BCUT2D eigenvalue weighted by atomic mass is 19.1. The van der Waals surface area contributed by atoms with Crippen molar-refractivity contribution in [2.24, 2.45) is 7.05 Å². The molecule has 1 unspecified atom stereocenters. The largest absolute Gasteiger partial charge is 0.334 e. The van der Waals surface area contributed by atoms with Crippen molar-refractivity contribution in [3.05, 3.63) is 72.1 Å². The third kappa shape index (κ3) is 5.27. The van der Waals surface area contributed by atoms with E-state index in [2.05, 4.69) is 15.0 Å². The second-order valence-corrected chi connectivity index (χ2v) is 7.34. The molecular formula is C22H25F2N5O. The molecule has 1 atom stereocenters. The Labute approximate surface area is 174 Å². The fourth-order valence-corrected chi connectivity index (χ4v) is 3.23. The van der Waals surface area contributed by atoms with E-state index >= 15 is 0 Å². The average Bonchev–Trinajstić information content (AvgIpc) is 3.37. The Morgan fingerprint density at radius 2 is 1.67 bits per heavy atom. The Morgan fingerprint density at radius 3 is 2.20 bits per heavy atom. The molecule has 1 aliphatic heterocycles. The molecular weight excluding hydrogens is 388 g/mol. The third-order valence-electron chi connectivity index (χ3n) is 4.97. The van der Waals surface area contributed by atoms with Gasteiger partial charge < -0.3 is 9.80 Å². The van der Waals surface area contributed by atoms with Crippen molar-refractivity contribution < 1.29 is 13.6 Å². The average molecular weight is 413 g/mol. The minimum absolute atomic E-state index is 0.154. The van der Waals surface area contributed by atoms with Gasteiger partial charge >= 0.3 is 0 Å². The zero-order valence-corrected chi connectivity index (χ0v) is 17.3. The number of rotatable bonds is 3. The molecule has 0 N–H and O–H groups in total. The van der Waals surface area contributed by atoms with Gasteiger partial charge in [-0.3, -0.25) is 4.79 Å². The first-order chi connectivity index (χ1) is 14.3. The molecule has 1 aromatic heterocycles. The van der Waals surface area contributed by atoms with E-state index in [1.807, 2.05) is 14.1 Å². The number of benzene rings is 2. The van der Waals surface area contributed by atoms with Crippen LogP contribution in [0.15, 0.2) is 54.6 Å². The lowest BCUT2D eigenvalue weighted by molar-refractivity contribution is 0.0771. The van der Waals surface area contributed by atoms with Crippen molar-refractivity contribution in [3.8, 4) is 11.4 Å². The molecule has 0 spiro atoms. The number of likely N-dealkylation sites (N-methyl/N-ethyl adjacent to an activating group) is 1. The van der Waals surface area contributed by atoms with Crippen molar-refractivity contribution in [2.45, 2.75) is 12.5 Å². The molecule has 0 saturated carbocycles. The standard InChI is InChI=1S/C16H20FN5O.C6H5F/c1-20(2)13-8-9-22(10-13)16(23)14-18-15(21(3)19-14)11-4-6-12(17)7-5-11;7-6-4-2-1-3-5-6/h4-7,13H,8-10H2,1-3H3;1-5H. The maximum atomic E-state index is 13.0. The lowest BCUT2D eigenvalue weighted by Gasteiger charge is -2.19. The smallest absolute Gasteiger partial charge is 0.293 e. The second-order valence-electron chi connectivity index (χ2n) is 7.34. The van der Waals surface area contributed by atoms with Crippen LogP contribution in [0.5, 0.6) is 0 Å². The van der Waals surface area contributed by atoms with Gasteiger partial charge in [-0.25, -0.2) is 18.4 Å².